The SMILES string of the molecule is NCc1ccc2cc(COc3cccc(O)c3)oc2c1. The van der Waals surface area contributed by atoms with E-state index in [9.17, 15) is 5.11 Å². The van der Waals surface area contributed by atoms with E-state index < -0.39 is 0 Å². The summed E-state index contributed by atoms with van der Waals surface area (Å²) in [6, 6.07) is 14.5. The number of hydrogen-bond donors (Lipinski definition) is 2. The molecule has 1 aromatic heterocycles. The smallest absolute Gasteiger partial charge is 0.146 e. The van der Waals surface area contributed by atoms with Gasteiger partial charge in [0.2, 0.25) is 0 Å². The van der Waals surface area contributed by atoms with Crippen LogP contribution >= 0.6 is 0 Å². The Labute approximate surface area is 116 Å². The topological polar surface area (TPSA) is 68.6 Å². The summed E-state index contributed by atoms with van der Waals surface area (Å²) in [5, 5.41) is 10.4. The number of nitrogens with two attached hydrogens (primary N) is 1. The molecule has 0 fully saturated rings. The minimum absolute atomic E-state index is 0.180. The van der Waals surface area contributed by atoms with Crippen molar-refractivity contribution in [2.75, 3.05) is 0 Å². The Morgan fingerprint density at radius 2 is 2.00 bits per heavy atom. The van der Waals surface area contributed by atoms with Gasteiger partial charge in [-0.2, -0.15) is 0 Å². The molecular weight excluding hydrogens is 254 g/mol. The third-order valence-electron chi connectivity index (χ3n) is 3.07. The lowest BCUT2D eigenvalue weighted by atomic mass is 10.2. The Morgan fingerprint density at radius 1 is 1.10 bits per heavy atom. The van der Waals surface area contributed by atoms with Crippen LogP contribution in [-0.2, 0) is 13.2 Å². The fraction of sp³-hybridized carbons (Fsp3) is 0.125. The fourth-order valence-corrected chi connectivity index (χ4v) is 2.06. The monoisotopic (exact) mass is 269 g/mol. The van der Waals surface area contributed by atoms with E-state index >= 15 is 0 Å². The van der Waals surface area contributed by atoms with Gasteiger partial charge in [0.25, 0.3) is 0 Å². The molecule has 4 nitrogen and oxygen atoms in total. The van der Waals surface area contributed by atoms with Crippen LogP contribution in [0.4, 0.5) is 0 Å². The van der Waals surface area contributed by atoms with Crippen LogP contribution in [0, 0.1) is 0 Å². The molecule has 4 heteroatoms. The maximum absolute atomic E-state index is 9.37. The Balaban J connectivity index is 1.77. The van der Waals surface area contributed by atoms with E-state index in [0.29, 0.717) is 18.9 Å². The summed E-state index contributed by atoms with van der Waals surface area (Å²) in [7, 11) is 0. The number of rotatable bonds is 4. The normalized spacial score (nSPS) is 10.8. The van der Waals surface area contributed by atoms with E-state index in [1.165, 1.54) is 0 Å². The Kier molecular flexibility index (Phi) is 3.31. The van der Waals surface area contributed by atoms with Crippen LogP contribution in [0.3, 0.4) is 0 Å². The maximum Gasteiger partial charge on any atom is 0.146 e. The summed E-state index contributed by atoms with van der Waals surface area (Å²) in [5.41, 5.74) is 7.45. The zero-order valence-electron chi connectivity index (χ0n) is 10.9. The van der Waals surface area contributed by atoms with Gasteiger partial charge < -0.3 is 20.0 Å². The lowest BCUT2D eigenvalue weighted by Crippen LogP contribution is -1.94. The van der Waals surface area contributed by atoms with Crippen molar-refractivity contribution in [2.45, 2.75) is 13.2 Å². The van der Waals surface area contributed by atoms with Crippen molar-refractivity contribution in [2.24, 2.45) is 5.73 Å². The first-order valence-electron chi connectivity index (χ1n) is 6.38. The van der Waals surface area contributed by atoms with E-state index in [0.717, 1.165) is 22.3 Å². The van der Waals surface area contributed by atoms with Gasteiger partial charge in [0.15, 0.2) is 0 Å². The Bertz CT molecular complexity index is 733. The van der Waals surface area contributed by atoms with E-state index in [2.05, 4.69) is 0 Å². The first kappa shape index (κ1) is 12.6. The van der Waals surface area contributed by atoms with Crippen LogP contribution in [0.15, 0.2) is 52.9 Å². The molecule has 0 saturated heterocycles. The highest BCUT2D eigenvalue weighted by atomic mass is 16.5. The Hall–Kier alpha value is -2.46. The van der Waals surface area contributed by atoms with Crippen molar-refractivity contribution in [3.05, 3.63) is 59.9 Å². The first-order chi connectivity index (χ1) is 9.74. The van der Waals surface area contributed by atoms with Crippen molar-refractivity contribution < 1.29 is 14.3 Å². The quantitative estimate of drug-likeness (QED) is 0.763. The summed E-state index contributed by atoms with van der Waals surface area (Å²) in [4.78, 5) is 0. The second-order valence-corrected chi connectivity index (χ2v) is 4.58. The number of fused-ring (bicyclic) bond motifs is 1. The molecule has 3 N–H and O–H groups in total. The lowest BCUT2D eigenvalue weighted by Gasteiger charge is -2.03. The lowest BCUT2D eigenvalue weighted by molar-refractivity contribution is 0.273. The number of aromatic hydroxyl groups is 1. The second-order valence-electron chi connectivity index (χ2n) is 4.58. The number of furan rings is 1. The van der Waals surface area contributed by atoms with Gasteiger partial charge in [-0.05, 0) is 29.8 Å². The van der Waals surface area contributed by atoms with Gasteiger partial charge in [0, 0.05) is 18.0 Å². The van der Waals surface area contributed by atoms with Crippen LogP contribution < -0.4 is 10.5 Å². The van der Waals surface area contributed by atoms with Gasteiger partial charge in [0.1, 0.15) is 29.4 Å². The van der Waals surface area contributed by atoms with Crippen LogP contribution in [0.1, 0.15) is 11.3 Å². The second kappa shape index (κ2) is 5.27. The molecule has 20 heavy (non-hydrogen) atoms. The molecular formula is C16H15NO3. The maximum atomic E-state index is 9.37. The van der Waals surface area contributed by atoms with Crippen molar-refractivity contribution in [3.8, 4) is 11.5 Å². The van der Waals surface area contributed by atoms with Gasteiger partial charge >= 0.3 is 0 Å². The van der Waals surface area contributed by atoms with Gasteiger partial charge in [-0.3, -0.25) is 0 Å². The summed E-state index contributed by atoms with van der Waals surface area (Å²) >= 11 is 0. The summed E-state index contributed by atoms with van der Waals surface area (Å²) < 4.78 is 11.3. The average molecular weight is 269 g/mol. The highest BCUT2D eigenvalue weighted by Gasteiger charge is 2.05. The van der Waals surface area contributed by atoms with E-state index in [-0.39, 0.29) is 5.75 Å². The molecule has 3 rings (SSSR count). The molecule has 0 aliphatic carbocycles. The highest BCUT2D eigenvalue weighted by molar-refractivity contribution is 5.78. The van der Waals surface area contributed by atoms with Gasteiger partial charge in [-0.1, -0.05) is 18.2 Å². The van der Waals surface area contributed by atoms with Crippen LogP contribution in [-0.4, -0.2) is 5.11 Å². The zero-order valence-corrected chi connectivity index (χ0v) is 10.9. The fourth-order valence-electron chi connectivity index (χ4n) is 2.06. The molecule has 2 aromatic carbocycles. The van der Waals surface area contributed by atoms with Crippen molar-refractivity contribution in [1.82, 2.24) is 0 Å². The van der Waals surface area contributed by atoms with Crippen molar-refractivity contribution in [1.29, 1.82) is 0 Å². The molecule has 3 aromatic rings. The van der Waals surface area contributed by atoms with Gasteiger partial charge in [-0.25, -0.2) is 0 Å². The largest absolute Gasteiger partial charge is 0.508 e. The van der Waals surface area contributed by atoms with Gasteiger partial charge in [-0.15, -0.1) is 0 Å². The van der Waals surface area contributed by atoms with Crippen LogP contribution in [0.25, 0.3) is 11.0 Å². The number of hydrogen-bond acceptors (Lipinski definition) is 4. The van der Waals surface area contributed by atoms with E-state index in [1.54, 1.807) is 24.3 Å². The molecule has 0 unspecified atom stereocenters. The minimum Gasteiger partial charge on any atom is -0.508 e. The number of ether oxygens (including phenoxy) is 1. The van der Waals surface area contributed by atoms with E-state index in [4.69, 9.17) is 14.9 Å². The molecule has 102 valence electrons. The average Bonchev–Trinajstić information content (AvgIpc) is 2.87. The molecule has 0 bridgehead atoms. The Morgan fingerprint density at radius 3 is 2.80 bits per heavy atom. The van der Waals surface area contributed by atoms with Crippen molar-refractivity contribution in [3.63, 3.8) is 0 Å². The molecule has 0 aliphatic rings. The van der Waals surface area contributed by atoms with Crippen LogP contribution in [0.5, 0.6) is 11.5 Å². The van der Waals surface area contributed by atoms with Crippen LogP contribution in [0.2, 0.25) is 0 Å². The summed E-state index contributed by atoms with van der Waals surface area (Å²) in [6.07, 6.45) is 0. The third-order valence-corrected chi connectivity index (χ3v) is 3.07. The minimum atomic E-state index is 0.180. The molecule has 0 aliphatic heterocycles. The molecule has 0 amide bonds. The molecule has 0 atom stereocenters. The predicted octanol–water partition coefficient (Wildman–Crippen LogP) is 3.18. The molecule has 0 spiro atoms. The molecule has 0 radical (unpaired) electrons. The number of phenolic OH excluding ortho intramolecular Hbond substituents is 1. The summed E-state index contributed by atoms with van der Waals surface area (Å²) in [5.74, 6) is 1.52. The first-order valence-corrected chi connectivity index (χ1v) is 6.38. The third kappa shape index (κ3) is 2.60. The molecule has 0 saturated carbocycles. The number of benzene rings is 2. The standard InChI is InChI=1S/C16H15NO3/c17-9-11-4-5-12-7-15(20-16(12)6-11)10-19-14-3-1-2-13(18)8-14/h1-8,18H,9-10,17H2. The zero-order chi connectivity index (χ0) is 13.9. The summed E-state index contributed by atoms with van der Waals surface area (Å²) in [6.45, 7) is 0.807. The van der Waals surface area contributed by atoms with Crippen molar-refractivity contribution >= 4 is 11.0 Å². The highest BCUT2D eigenvalue weighted by Crippen LogP contribution is 2.23. The molecule has 1 heterocycles. The predicted molar refractivity (Wildman–Crippen MR) is 76.5 cm³/mol. The number of phenols is 1. The van der Waals surface area contributed by atoms with E-state index in [1.807, 2.05) is 24.3 Å². The van der Waals surface area contributed by atoms with Gasteiger partial charge in [0.05, 0.1) is 0 Å².